The molecule has 0 radical (unpaired) electrons. The minimum Gasteiger partial charge on any atom is -0.382 e. The Morgan fingerprint density at radius 3 is 2.57 bits per heavy atom. The van der Waals surface area contributed by atoms with Crippen molar-refractivity contribution in [2.24, 2.45) is 0 Å². The van der Waals surface area contributed by atoms with Crippen molar-refractivity contribution in [3.63, 3.8) is 0 Å². The van der Waals surface area contributed by atoms with E-state index in [0.29, 0.717) is 23.8 Å². The average Bonchev–Trinajstić information content (AvgIpc) is 3.02. The van der Waals surface area contributed by atoms with E-state index in [0.717, 1.165) is 31.1 Å². The molecule has 0 aliphatic carbocycles. The molecule has 2 atom stereocenters. The predicted octanol–water partition coefficient (Wildman–Crippen LogP) is 1.57. The molecule has 2 bridgehead atoms. The van der Waals surface area contributed by atoms with Crippen molar-refractivity contribution in [3.8, 4) is 0 Å². The van der Waals surface area contributed by atoms with Gasteiger partial charge in [-0.3, -0.25) is 4.79 Å². The van der Waals surface area contributed by atoms with Crippen LogP contribution in [-0.2, 0) is 4.74 Å². The van der Waals surface area contributed by atoms with Crippen LogP contribution >= 0.6 is 11.3 Å². The van der Waals surface area contributed by atoms with Crippen molar-refractivity contribution in [2.75, 3.05) is 36.8 Å². The predicted molar refractivity (Wildman–Crippen MR) is 83.9 cm³/mol. The molecule has 1 aromatic rings. The number of anilines is 2. The van der Waals surface area contributed by atoms with E-state index in [4.69, 9.17) is 10.5 Å². The number of hydrogen-bond donors (Lipinski definition) is 1. The van der Waals surface area contributed by atoms with Gasteiger partial charge in [0.15, 0.2) is 5.13 Å². The first kappa shape index (κ1) is 14.6. The molecule has 3 rings (SSSR count). The molecule has 116 valence electrons. The van der Waals surface area contributed by atoms with Crippen molar-refractivity contribution in [2.45, 2.75) is 38.9 Å². The number of morpholine rings is 1. The van der Waals surface area contributed by atoms with Crippen LogP contribution in [0, 0.1) is 0 Å². The van der Waals surface area contributed by atoms with Crippen molar-refractivity contribution < 1.29 is 9.53 Å². The fraction of sp³-hybridized carbons (Fsp3) is 0.714. The third kappa shape index (κ3) is 2.72. The van der Waals surface area contributed by atoms with E-state index in [2.05, 4.69) is 23.7 Å². The summed E-state index contributed by atoms with van der Waals surface area (Å²) in [6.07, 6.45) is 2.50. The first-order chi connectivity index (χ1) is 10.1. The number of nitrogen functional groups attached to an aromatic ring is 1. The molecule has 1 amide bonds. The normalized spacial score (nSPS) is 24.4. The number of rotatable bonds is 4. The van der Waals surface area contributed by atoms with E-state index in [1.165, 1.54) is 11.3 Å². The molecule has 2 aliphatic rings. The van der Waals surface area contributed by atoms with E-state index in [-0.39, 0.29) is 18.1 Å². The maximum Gasteiger partial charge on any atom is 0.268 e. The zero-order valence-corrected chi connectivity index (χ0v) is 13.4. The molecule has 0 saturated carbocycles. The lowest BCUT2D eigenvalue weighted by Crippen LogP contribution is -2.45. The largest absolute Gasteiger partial charge is 0.382 e. The number of aromatic nitrogens is 1. The van der Waals surface area contributed by atoms with Gasteiger partial charge in [0.05, 0.1) is 12.2 Å². The number of nitrogens with zero attached hydrogens (tertiary/aromatic N) is 3. The number of ether oxygens (including phenoxy) is 1. The first-order valence-electron chi connectivity index (χ1n) is 7.58. The second-order valence-corrected chi connectivity index (χ2v) is 6.53. The van der Waals surface area contributed by atoms with Crippen LogP contribution in [0.25, 0.3) is 0 Å². The number of fused-ring (bicyclic) bond motifs is 2. The number of nitrogens with two attached hydrogens (primary N) is 1. The quantitative estimate of drug-likeness (QED) is 0.914. The van der Waals surface area contributed by atoms with Gasteiger partial charge in [0.1, 0.15) is 10.7 Å². The second kappa shape index (κ2) is 5.81. The Balaban J connectivity index is 1.78. The van der Waals surface area contributed by atoms with Gasteiger partial charge < -0.3 is 20.3 Å². The number of likely N-dealkylation sites (tertiary alicyclic amines) is 1. The number of hydrogen-bond acceptors (Lipinski definition) is 6. The molecule has 0 aromatic carbocycles. The lowest BCUT2D eigenvalue weighted by atomic mass is 10.2. The Bertz CT molecular complexity index is 517. The van der Waals surface area contributed by atoms with Gasteiger partial charge in [-0.05, 0) is 26.7 Å². The highest BCUT2D eigenvalue weighted by molar-refractivity contribution is 7.18. The molecule has 0 spiro atoms. The van der Waals surface area contributed by atoms with Crippen LogP contribution in [0.4, 0.5) is 10.9 Å². The highest BCUT2D eigenvalue weighted by atomic mass is 32.1. The number of thiazole rings is 1. The van der Waals surface area contributed by atoms with E-state index >= 15 is 0 Å². The molecule has 2 fully saturated rings. The minimum absolute atomic E-state index is 0.00334. The van der Waals surface area contributed by atoms with Crippen LogP contribution in [-0.4, -0.2) is 54.2 Å². The SMILES string of the molecule is CCN(CC)c1nc(N)c(C(=O)N2CC3CCC(C2)O3)s1. The number of carbonyl (C=O) groups excluding carboxylic acids is 1. The summed E-state index contributed by atoms with van der Waals surface area (Å²) in [5.74, 6) is 0.356. The molecule has 2 N–H and O–H groups in total. The van der Waals surface area contributed by atoms with Gasteiger partial charge in [0.2, 0.25) is 0 Å². The lowest BCUT2D eigenvalue weighted by molar-refractivity contribution is -0.0301. The maximum absolute atomic E-state index is 12.7. The van der Waals surface area contributed by atoms with E-state index in [1.807, 2.05) is 4.90 Å². The highest BCUT2D eigenvalue weighted by Gasteiger charge is 2.37. The second-order valence-electron chi connectivity index (χ2n) is 5.55. The molecule has 7 heteroatoms. The van der Waals surface area contributed by atoms with Crippen molar-refractivity contribution >= 4 is 28.2 Å². The molecule has 21 heavy (non-hydrogen) atoms. The Hall–Kier alpha value is -1.34. The van der Waals surface area contributed by atoms with Gasteiger partial charge in [-0.25, -0.2) is 4.98 Å². The van der Waals surface area contributed by atoms with Gasteiger partial charge in [0, 0.05) is 26.2 Å². The Kier molecular flexibility index (Phi) is 4.03. The Labute approximate surface area is 128 Å². The Morgan fingerprint density at radius 2 is 2.00 bits per heavy atom. The summed E-state index contributed by atoms with van der Waals surface area (Å²) in [6, 6.07) is 0. The van der Waals surface area contributed by atoms with Crippen LogP contribution in [0.5, 0.6) is 0 Å². The summed E-state index contributed by atoms with van der Waals surface area (Å²) in [5, 5.41) is 0.831. The maximum atomic E-state index is 12.7. The molecule has 3 heterocycles. The summed E-state index contributed by atoms with van der Waals surface area (Å²) in [6.45, 7) is 7.21. The van der Waals surface area contributed by atoms with Crippen LogP contribution in [0.15, 0.2) is 0 Å². The summed E-state index contributed by atoms with van der Waals surface area (Å²) >= 11 is 1.40. The topological polar surface area (TPSA) is 71.7 Å². The van der Waals surface area contributed by atoms with E-state index in [1.54, 1.807) is 0 Å². The lowest BCUT2D eigenvalue weighted by Gasteiger charge is -2.31. The molecule has 1 aromatic heterocycles. The highest BCUT2D eigenvalue weighted by Crippen LogP contribution is 2.32. The summed E-state index contributed by atoms with van der Waals surface area (Å²) in [7, 11) is 0. The summed E-state index contributed by atoms with van der Waals surface area (Å²) in [4.78, 5) is 21.6. The monoisotopic (exact) mass is 310 g/mol. The zero-order valence-electron chi connectivity index (χ0n) is 12.5. The van der Waals surface area contributed by atoms with E-state index < -0.39 is 0 Å². The molecule has 2 saturated heterocycles. The standard InChI is InChI=1S/C14H22N4O2S/c1-3-17(4-2)14-16-12(15)11(21-14)13(19)18-7-9-5-6-10(8-18)20-9/h9-10H,3-8,15H2,1-2H3. The number of carbonyl (C=O) groups is 1. The third-order valence-corrected chi connectivity index (χ3v) is 5.32. The van der Waals surface area contributed by atoms with Gasteiger partial charge in [-0.2, -0.15) is 0 Å². The molecule has 2 aliphatic heterocycles. The molecular weight excluding hydrogens is 288 g/mol. The average molecular weight is 310 g/mol. The van der Waals surface area contributed by atoms with Crippen LogP contribution in [0.3, 0.4) is 0 Å². The molecular formula is C14H22N4O2S. The van der Waals surface area contributed by atoms with Gasteiger partial charge in [0.25, 0.3) is 5.91 Å². The minimum atomic E-state index is 0.00334. The molecule has 2 unspecified atom stereocenters. The fourth-order valence-corrected chi connectivity index (χ4v) is 4.11. The zero-order chi connectivity index (χ0) is 15.0. The van der Waals surface area contributed by atoms with Crippen LogP contribution in [0.1, 0.15) is 36.4 Å². The smallest absolute Gasteiger partial charge is 0.268 e. The van der Waals surface area contributed by atoms with Crippen LogP contribution in [0.2, 0.25) is 0 Å². The number of amides is 1. The van der Waals surface area contributed by atoms with Crippen molar-refractivity contribution in [1.29, 1.82) is 0 Å². The van der Waals surface area contributed by atoms with Gasteiger partial charge in [-0.15, -0.1) is 0 Å². The summed E-state index contributed by atoms with van der Waals surface area (Å²) in [5.41, 5.74) is 5.97. The van der Waals surface area contributed by atoms with E-state index in [9.17, 15) is 4.79 Å². The van der Waals surface area contributed by atoms with Gasteiger partial charge in [-0.1, -0.05) is 11.3 Å². The van der Waals surface area contributed by atoms with Crippen LogP contribution < -0.4 is 10.6 Å². The first-order valence-corrected chi connectivity index (χ1v) is 8.40. The Morgan fingerprint density at radius 1 is 1.38 bits per heavy atom. The van der Waals surface area contributed by atoms with Crippen molar-refractivity contribution in [1.82, 2.24) is 9.88 Å². The van der Waals surface area contributed by atoms with Crippen molar-refractivity contribution in [3.05, 3.63) is 4.88 Å². The fourth-order valence-electron chi connectivity index (χ4n) is 3.03. The summed E-state index contributed by atoms with van der Waals surface area (Å²) < 4.78 is 5.78. The van der Waals surface area contributed by atoms with Gasteiger partial charge >= 0.3 is 0 Å². The molecule has 6 nitrogen and oxygen atoms in total. The third-order valence-electron chi connectivity index (χ3n) is 4.20.